The van der Waals surface area contributed by atoms with E-state index in [9.17, 15) is 10.1 Å². The molecule has 0 aliphatic carbocycles. The summed E-state index contributed by atoms with van der Waals surface area (Å²) in [5.41, 5.74) is 2.39. The van der Waals surface area contributed by atoms with E-state index < -0.39 is 4.92 Å². The minimum atomic E-state index is -0.416. The number of para-hydroxylation sites is 2. The highest BCUT2D eigenvalue weighted by Crippen LogP contribution is 2.23. The third kappa shape index (κ3) is 1.93. The van der Waals surface area contributed by atoms with Crippen LogP contribution < -0.4 is 0 Å². The summed E-state index contributed by atoms with van der Waals surface area (Å²) in [7, 11) is 0. The van der Waals surface area contributed by atoms with Crippen LogP contribution in [0.2, 0.25) is 0 Å². The van der Waals surface area contributed by atoms with E-state index in [0.717, 1.165) is 5.52 Å². The quantitative estimate of drug-likeness (QED) is 0.540. The third-order valence-corrected chi connectivity index (χ3v) is 3.15. The molecule has 0 aliphatic heterocycles. The van der Waals surface area contributed by atoms with Gasteiger partial charge in [-0.15, -0.1) is 0 Å². The molecule has 0 unspecified atom stereocenters. The molecule has 0 radical (unpaired) electrons. The van der Waals surface area contributed by atoms with Crippen molar-refractivity contribution in [3.05, 3.63) is 51.7 Å². The standard InChI is InChI=1S/C13H12N4O3/c1-8-13(17(18)19)9(2)16(15-8)7-12-14-10-5-3-4-6-11(10)20-12/h3-6H,7H2,1-2H3. The molecule has 20 heavy (non-hydrogen) atoms. The molecule has 0 fully saturated rings. The summed E-state index contributed by atoms with van der Waals surface area (Å²) in [6.07, 6.45) is 0. The van der Waals surface area contributed by atoms with Crippen molar-refractivity contribution < 1.29 is 9.34 Å². The van der Waals surface area contributed by atoms with Gasteiger partial charge in [0.25, 0.3) is 0 Å². The zero-order valence-corrected chi connectivity index (χ0v) is 11.0. The summed E-state index contributed by atoms with van der Waals surface area (Å²) in [5.74, 6) is 0.478. The molecule has 102 valence electrons. The smallest absolute Gasteiger partial charge is 0.312 e. The summed E-state index contributed by atoms with van der Waals surface area (Å²) in [6, 6.07) is 7.43. The van der Waals surface area contributed by atoms with Gasteiger partial charge in [-0.05, 0) is 26.0 Å². The molecule has 7 nitrogen and oxygen atoms in total. The van der Waals surface area contributed by atoms with E-state index >= 15 is 0 Å². The molecule has 0 aliphatic rings. The van der Waals surface area contributed by atoms with Crippen LogP contribution in [0.1, 0.15) is 17.3 Å². The molecular formula is C13H12N4O3. The number of aryl methyl sites for hydroxylation is 1. The second-order valence-corrected chi connectivity index (χ2v) is 4.51. The SMILES string of the molecule is Cc1nn(Cc2nc3ccccc3o2)c(C)c1[N+](=O)[O-]. The average molecular weight is 272 g/mol. The van der Waals surface area contributed by atoms with Gasteiger partial charge in [-0.1, -0.05) is 12.1 Å². The van der Waals surface area contributed by atoms with Crippen LogP contribution in [0.3, 0.4) is 0 Å². The number of nitro groups is 1. The summed E-state index contributed by atoms with van der Waals surface area (Å²) in [6.45, 7) is 3.56. The monoisotopic (exact) mass is 272 g/mol. The molecule has 0 atom stereocenters. The first-order chi connectivity index (χ1) is 9.56. The van der Waals surface area contributed by atoms with Gasteiger partial charge in [-0.3, -0.25) is 14.8 Å². The van der Waals surface area contributed by atoms with E-state index in [1.807, 2.05) is 24.3 Å². The Morgan fingerprint density at radius 2 is 2.10 bits per heavy atom. The first kappa shape index (κ1) is 12.3. The molecule has 0 saturated carbocycles. The predicted molar refractivity (Wildman–Crippen MR) is 71.5 cm³/mol. The number of aromatic nitrogens is 3. The molecule has 0 N–H and O–H groups in total. The lowest BCUT2D eigenvalue weighted by Gasteiger charge is -1.98. The fourth-order valence-corrected chi connectivity index (χ4v) is 2.22. The lowest BCUT2D eigenvalue weighted by atomic mass is 10.3. The summed E-state index contributed by atoms with van der Waals surface area (Å²) >= 11 is 0. The normalized spacial score (nSPS) is 11.1. The molecule has 0 spiro atoms. The highest BCUT2D eigenvalue weighted by Gasteiger charge is 2.22. The zero-order chi connectivity index (χ0) is 14.3. The Hall–Kier alpha value is -2.70. The zero-order valence-electron chi connectivity index (χ0n) is 11.0. The molecular weight excluding hydrogens is 260 g/mol. The van der Waals surface area contributed by atoms with Crippen LogP contribution in [0.25, 0.3) is 11.1 Å². The Morgan fingerprint density at radius 3 is 2.75 bits per heavy atom. The van der Waals surface area contributed by atoms with Crippen molar-refractivity contribution >= 4 is 16.8 Å². The molecule has 2 heterocycles. The van der Waals surface area contributed by atoms with E-state index in [1.54, 1.807) is 13.8 Å². The second kappa shape index (κ2) is 4.44. The van der Waals surface area contributed by atoms with E-state index in [1.165, 1.54) is 4.68 Å². The number of hydrogen-bond donors (Lipinski definition) is 0. The van der Waals surface area contributed by atoms with E-state index in [-0.39, 0.29) is 12.2 Å². The molecule has 0 saturated heterocycles. The Kier molecular flexibility index (Phi) is 2.74. The molecule has 1 aromatic carbocycles. The van der Waals surface area contributed by atoms with Crippen LogP contribution in [0.15, 0.2) is 28.7 Å². The van der Waals surface area contributed by atoms with Crippen molar-refractivity contribution in [2.45, 2.75) is 20.4 Å². The van der Waals surface area contributed by atoms with Gasteiger partial charge in [0.05, 0.1) is 4.92 Å². The van der Waals surface area contributed by atoms with Crippen LogP contribution in [0.5, 0.6) is 0 Å². The van der Waals surface area contributed by atoms with Gasteiger partial charge < -0.3 is 4.42 Å². The Balaban J connectivity index is 1.99. The van der Waals surface area contributed by atoms with Crippen molar-refractivity contribution in [3.63, 3.8) is 0 Å². The van der Waals surface area contributed by atoms with E-state index in [2.05, 4.69) is 10.1 Å². The van der Waals surface area contributed by atoms with Crippen molar-refractivity contribution in [2.24, 2.45) is 0 Å². The van der Waals surface area contributed by atoms with Crippen molar-refractivity contribution in [1.29, 1.82) is 0 Å². The van der Waals surface area contributed by atoms with Crippen molar-refractivity contribution in [2.75, 3.05) is 0 Å². The number of benzene rings is 1. The van der Waals surface area contributed by atoms with Gasteiger partial charge in [0.2, 0.25) is 5.89 Å². The van der Waals surface area contributed by atoms with Gasteiger partial charge in [0.1, 0.15) is 23.4 Å². The summed E-state index contributed by atoms with van der Waals surface area (Å²) < 4.78 is 7.13. The minimum absolute atomic E-state index is 0.0427. The fraction of sp³-hybridized carbons (Fsp3) is 0.231. The topological polar surface area (TPSA) is 87.0 Å². The second-order valence-electron chi connectivity index (χ2n) is 4.51. The van der Waals surface area contributed by atoms with E-state index in [0.29, 0.717) is 22.9 Å². The number of rotatable bonds is 3. The Bertz CT molecular complexity index is 770. The number of nitrogens with zero attached hydrogens (tertiary/aromatic N) is 4. The van der Waals surface area contributed by atoms with Gasteiger partial charge in [-0.25, -0.2) is 4.98 Å². The molecule has 2 aromatic heterocycles. The van der Waals surface area contributed by atoms with Crippen LogP contribution >= 0.6 is 0 Å². The van der Waals surface area contributed by atoms with Crippen LogP contribution in [-0.2, 0) is 6.54 Å². The number of fused-ring (bicyclic) bond motifs is 1. The molecule has 0 amide bonds. The van der Waals surface area contributed by atoms with Crippen molar-refractivity contribution in [1.82, 2.24) is 14.8 Å². The third-order valence-electron chi connectivity index (χ3n) is 3.15. The molecule has 3 rings (SSSR count). The maximum Gasteiger partial charge on any atom is 0.312 e. The van der Waals surface area contributed by atoms with Gasteiger partial charge in [-0.2, -0.15) is 5.10 Å². The largest absolute Gasteiger partial charge is 0.439 e. The Morgan fingerprint density at radius 1 is 1.35 bits per heavy atom. The van der Waals surface area contributed by atoms with Gasteiger partial charge in [0.15, 0.2) is 5.58 Å². The molecule has 0 bridgehead atoms. The van der Waals surface area contributed by atoms with Gasteiger partial charge >= 0.3 is 5.69 Å². The average Bonchev–Trinajstić information content (AvgIpc) is 2.90. The highest BCUT2D eigenvalue weighted by atomic mass is 16.6. The van der Waals surface area contributed by atoms with Crippen LogP contribution in [0, 0.1) is 24.0 Å². The fourth-order valence-electron chi connectivity index (χ4n) is 2.22. The lowest BCUT2D eigenvalue weighted by molar-refractivity contribution is -0.386. The molecule has 3 aromatic rings. The van der Waals surface area contributed by atoms with Crippen LogP contribution in [-0.4, -0.2) is 19.7 Å². The minimum Gasteiger partial charge on any atom is -0.439 e. The summed E-state index contributed by atoms with van der Waals surface area (Å²) in [4.78, 5) is 14.9. The highest BCUT2D eigenvalue weighted by molar-refractivity contribution is 5.72. The van der Waals surface area contributed by atoms with Crippen molar-refractivity contribution in [3.8, 4) is 0 Å². The number of hydrogen-bond acceptors (Lipinski definition) is 5. The van der Waals surface area contributed by atoms with E-state index in [4.69, 9.17) is 4.42 Å². The maximum atomic E-state index is 11.0. The predicted octanol–water partition coefficient (Wildman–Crippen LogP) is 2.60. The summed E-state index contributed by atoms with van der Waals surface area (Å²) in [5, 5.41) is 15.1. The maximum absolute atomic E-state index is 11.0. The van der Waals surface area contributed by atoms with Gasteiger partial charge in [0, 0.05) is 0 Å². The van der Waals surface area contributed by atoms with Crippen LogP contribution in [0.4, 0.5) is 5.69 Å². The molecule has 7 heteroatoms. The first-order valence-corrected chi connectivity index (χ1v) is 6.09. The first-order valence-electron chi connectivity index (χ1n) is 6.09. The number of oxazole rings is 1. The Labute approximate surface area is 114 Å². The lowest BCUT2D eigenvalue weighted by Crippen LogP contribution is -2.04.